The van der Waals surface area contributed by atoms with E-state index in [0.717, 1.165) is 27.9 Å². The van der Waals surface area contributed by atoms with Crippen LogP contribution in [0.3, 0.4) is 0 Å². The van der Waals surface area contributed by atoms with Gasteiger partial charge in [0, 0.05) is 18.3 Å². The normalized spacial score (nSPS) is 19.0. The zero-order valence-electron chi connectivity index (χ0n) is 14.8. The fourth-order valence-corrected chi connectivity index (χ4v) is 3.74. The van der Waals surface area contributed by atoms with Crippen LogP contribution in [0.15, 0.2) is 48.5 Å². The van der Waals surface area contributed by atoms with E-state index in [-0.39, 0.29) is 5.97 Å². The van der Waals surface area contributed by atoms with Gasteiger partial charge in [0.15, 0.2) is 5.41 Å². The summed E-state index contributed by atoms with van der Waals surface area (Å²) in [4.78, 5) is 13.3. The number of hydrogen-bond acceptors (Lipinski definition) is 3. The van der Waals surface area contributed by atoms with E-state index in [1.165, 1.54) is 0 Å². The number of carbonyl (C=O) groups excluding carboxylic acids is 1. The number of rotatable bonds is 2. The third kappa shape index (κ3) is 2.07. The number of aryl methyl sites for hydroxylation is 4. The summed E-state index contributed by atoms with van der Waals surface area (Å²) in [6, 6.07) is 15.8. The molecule has 126 valence electrons. The lowest BCUT2D eigenvalue weighted by atomic mass is 9.72. The number of ether oxygens (including phenoxy) is 1. The Morgan fingerprint density at radius 1 is 1.04 bits per heavy atom. The van der Waals surface area contributed by atoms with E-state index in [4.69, 9.17) is 4.74 Å². The fourth-order valence-electron chi connectivity index (χ4n) is 3.74. The molecule has 4 heteroatoms. The minimum Gasteiger partial charge on any atom is -0.425 e. The van der Waals surface area contributed by atoms with E-state index in [9.17, 15) is 4.79 Å². The minimum atomic E-state index is -1.03. The highest BCUT2D eigenvalue weighted by molar-refractivity contribution is 5.98. The molecule has 0 N–H and O–H groups in total. The lowest BCUT2D eigenvalue weighted by Gasteiger charge is -2.25. The van der Waals surface area contributed by atoms with Gasteiger partial charge in [-0.2, -0.15) is 5.10 Å². The molecule has 0 amide bonds. The van der Waals surface area contributed by atoms with Crippen molar-refractivity contribution < 1.29 is 9.53 Å². The Labute approximate surface area is 147 Å². The van der Waals surface area contributed by atoms with E-state index in [1.54, 1.807) is 4.68 Å². The summed E-state index contributed by atoms with van der Waals surface area (Å²) < 4.78 is 7.58. The first-order valence-electron chi connectivity index (χ1n) is 8.35. The van der Waals surface area contributed by atoms with Gasteiger partial charge in [0.05, 0.1) is 5.69 Å². The number of fused-ring (bicyclic) bond motifs is 1. The molecule has 0 aliphatic carbocycles. The summed E-state index contributed by atoms with van der Waals surface area (Å²) in [6.45, 7) is 6.00. The quantitative estimate of drug-likeness (QED) is 0.532. The Kier molecular flexibility index (Phi) is 3.32. The summed E-state index contributed by atoms with van der Waals surface area (Å²) in [5, 5.41) is 4.67. The van der Waals surface area contributed by atoms with Gasteiger partial charge < -0.3 is 4.74 Å². The highest BCUT2D eigenvalue weighted by Crippen LogP contribution is 2.50. The van der Waals surface area contributed by atoms with Crippen molar-refractivity contribution in [2.75, 3.05) is 0 Å². The smallest absolute Gasteiger partial charge is 0.332 e. The molecule has 0 bridgehead atoms. The number of aromatic nitrogens is 2. The Hall–Kier alpha value is -2.88. The van der Waals surface area contributed by atoms with Gasteiger partial charge in [-0.1, -0.05) is 48.0 Å². The molecule has 0 radical (unpaired) electrons. The van der Waals surface area contributed by atoms with E-state index in [1.807, 2.05) is 76.3 Å². The van der Waals surface area contributed by atoms with Crippen molar-refractivity contribution in [3.05, 3.63) is 82.2 Å². The van der Waals surface area contributed by atoms with Gasteiger partial charge in [-0.05, 0) is 38.0 Å². The summed E-state index contributed by atoms with van der Waals surface area (Å²) in [5.74, 6) is 0.364. The molecule has 1 aliphatic rings. The Balaban J connectivity index is 2.13. The van der Waals surface area contributed by atoms with Crippen LogP contribution >= 0.6 is 0 Å². The van der Waals surface area contributed by atoms with Crippen LogP contribution < -0.4 is 4.74 Å². The maximum atomic E-state index is 13.3. The summed E-state index contributed by atoms with van der Waals surface area (Å²) >= 11 is 0. The highest BCUT2D eigenvalue weighted by atomic mass is 16.5. The average molecular weight is 332 g/mol. The van der Waals surface area contributed by atoms with Crippen LogP contribution in [0.4, 0.5) is 0 Å². The molecular formula is C21H20N2O2. The van der Waals surface area contributed by atoms with Crippen LogP contribution in [0.25, 0.3) is 0 Å². The molecular weight excluding hydrogens is 312 g/mol. The van der Waals surface area contributed by atoms with Crippen LogP contribution in [0.2, 0.25) is 0 Å². The second kappa shape index (κ2) is 5.31. The zero-order chi connectivity index (χ0) is 17.8. The molecule has 0 spiro atoms. The Morgan fingerprint density at radius 2 is 1.76 bits per heavy atom. The predicted molar refractivity (Wildman–Crippen MR) is 95.8 cm³/mol. The molecule has 2 heterocycles. The van der Waals surface area contributed by atoms with Crippen molar-refractivity contribution >= 4 is 5.97 Å². The molecule has 1 aromatic heterocycles. The number of hydrogen-bond donors (Lipinski definition) is 0. The lowest BCUT2D eigenvalue weighted by Crippen LogP contribution is -2.37. The van der Waals surface area contributed by atoms with Crippen LogP contribution in [-0.2, 0) is 17.3 Å². The monoisotopic (exact) mass is 332 g/mol. The van der Waals surface area contributed by atoms with Crippen LogP contribution in [0.5, 0.6) is 5.75 Å². The van der Waals surface area contributed by atoms with Gasteiger partial charge in [-0.15, -0.1) is 0 Å². The van der Waals surface area contributed by atoms with E-state index >= 15 is 0 Å². The van der Waals surface area contributed by atoms with Gasteiger partial charge in [-0.3, -0.25) is 4.68 Å². The fraction of sp³-hybridized carbons (Fsp3) is 0.238. The maximum absolute atomic E-state index is 13.3. The molecule has 1 aliphatic heterocycles. The van der Waals surface area contributed by atoms with Gasteiger partial charge >= 0.3 is 5.97 Å². The van der Waals surface area contributed by atoms with Crippen molar-refractivity contribution in [1.82, 2.24) is 9.78 Å². The van der Waals surface area contributed by atoms with E-state index < -0.39 is 5.41 Å². The first-order chi connectivity index (χ1) is 11.9. The number of esters is 1. The molecule has 25 heavy (non-hydrogen) atoms. The third-order valence-corrected chi connectivity index (χ3v) is 5.03. The van der Waals surface area contributed by atoms with Gasteiger partial charge in [0.1, 0.15) is 5.75 Å². The average Bonchev–Trinajstić information content (AvgIpc) is 3.06. The summed E-state index contributed by atoms with van der Waals surface area (Å²) in [5.41, 5.74) is 4.49. The molecule has 1 unspecified atom stereocenters. The van der Waals surface area contributed by atoms with Crippen LogP contribution in [0.1, 0.15) is 33.6 Å². The van der Waals surface area contributed by atoms with Crippen molar-refractivity contribution in [3.8, 4) is 5.75 Å². The third-order valence-electron chi connectivity index (χ3n) is 5.03. The largest absolute Gasteiger partial charge is 0.425 e. The van der Waals surface area contributed by atoms with E-state index in [0.29, 0.717) is 11.4 Å². The SMILES string of the molecule is Cc1cc(C)c2c(c1)C(c1ccccc1)(c1cc(C)n(C)n1)C(=O)O2. The molecule has 0 fully saturated rings. The summed E-state index contributed by atoms with van der Waals surface area (Å²) in [7, 11) is 1.89. The molecule has 3 aromatic rings. The van der Waals surface area contributed by atoms with Crippen molar-refractivity contribution in [1.29, 1.82) is 0 Å². The van der Waals surface area contributed by atoms with E-state index in [2.05, 4.69) is 5.10 Å². The van der Waals surface area contributed by atoms with Crippen molar-refractivity contribution in [2.45, 2.75) is 26.2 Å². The predicted octanol–water partition coefficient (Wildman–Crippen LogP) is 3.60. The van der Waals surface area contributed by atoms with Crippen molar-refractivity contribution in [3.63, 3.8) is 0 Å². The second-order valence-electron chi connectivity index (χ2n) is 6.76. The maximum Gasteiger partial charge on any atom is 0.332 e. The second-order valence-corrected chi connectivity index (χ2v) is 6.76. The molecule has 2 aromatic carbocycles. The van der Waals surface area contributed by atoms with Crippen LogP contribution in [-0.4, -0.2) is 15.7 Å². The standard InChI is InChI=1S/C21H20N2O2/c1-13-10-14(2)19-17(11-13)21(20(24)25-19,16-8-6-5-7-9-16)18-12-15(3)23(4)22-18/h5-12H,1-4H3. The number of benzene rings is 2. The lowest BCUT2D eigenvalue weighted by molar-refractivity contribution is -0.135. The van der Waals surface area contributed by atoms with Gasteiger partial charge in [0.2, 0.25) is 0 Å². The van der Waals surface area contributed by atoms with Crippen LogP contribution in [0, 0.1) is 20.8 Å². The van der Waals surface area contributed by atoms with Gasteiger partial charge in [0.25, 0.3) is 0 Å². The molecule has 1 atom stereocenters. The number of carbonyl (C=O) groups is 1. The zero-order valence-corrected chi connectivity index (χ0v) is 14.8. The molecule has 4 rings (SSSR count). The van der Waals surface area contributed by atoms with Crippen molar-refractivity contribution in [2.24, 2.45) is 7.05 Å². The summed E-state index contributed by atoms with van der Waals surface area (Å²) in [6.07, 6.45) is 0. The minimum absolute atomic E-state index is 0.291. The number of nitrogens with zero attached hydrogens (tertiary/aromatic N) is 2. The molecule has 0 saturated heterocycles. The molecule has 4 nitrogen and oxygen atoms in total. The van der Waals surface area contributed by atoms with Gasteiger partial charge in [-0.25, -0.2) is 4.79 Å². The molecule has 0 saturated carbocycles. The first-order valence-corrected chi connectivity index (χ1v) is 8.35. The Bertz CT molecular complexity index is 969. The topological polar surface area (TPSA) is 44.1 Å². The highest BCUT2D eigenvalue weighted by Gasteiger charge is 2.54. The first kappa shape index (κ1) is 15.6. The Morgan fingerprint density at radius 3 is 2.40 bits per heavy atom.